The number of hydrogen-bond donors (Lipinski definition) is 0. The molecule has 1 heterocycles. The molecule has 0 unspecified atom stereocenters. The number of halogens is 1. The third-order valence-electron chi connectivity index (χ3n) is 3.65. The fourth-order valence-corrected chi connectivity index (χ4v) is 3.09. The minimum Gasteiger partial charge on any atom is -0.343 e. The monoisotopic (exact) mass is 332 g/mol. The Bertz CT molecular complexity index is 562. The molecule has 3 heteroatoms. The van der Waals surface area contributed by atoms with Crippen LogP contribution in [-0.2, 0) is 21.7 Å². The molecule has 0 aliphatic carbocycles. The fraction of sp³-hybridized carbons (Fsp3) is 0.294. The first-order valence-corrected chi connectivity index (χ1v) is 7.66. The molecule has 1 aliphatic rings. The Kier molecular flexibility index (Phi) is 4.20. The van der Waals surface area contributed by atoms with E-state index in [9.17, 15) is 0 Å². The molecule has 3 rings (SSSR count). The minimum atomic E-state index is -0.587. The van der Waals surface area contributed by atoms with Crippen LogP contribution in [0.15, 0.2) is 59.1 Å². The third-order valence-corrected chi connectivity index (χ3v) is 4.42. The van der Waals surface area contributed by atoms with Gasteiger partial charge in [0.05, 0.1) is 13.2 Å². The van der Waals surface area contributed by atoms with Gasteiger partial charge in [-0.2, -0.15) is 0 Å². The van der Waals surface area contributed by atoms with Gasteiger partial charge in [-0.25, -0.2) is 0 Å². The average Bonchev–Trinajstić information content (AvgIpc) is 2.98. The van der Waals surface area contributed by atoms with Crippen molar-refractivity contribution < 1.29 is 9.47 Å². The lowest BCUT2D eigenvalue weighted by Crippen LogP contribution is -2.27. The molecule has 0 bridgehead atoms. The highest BCUT2D eigenvalue weighted by Crippen LogP contribution is 2.36. The molecule has 0 radical (unpaired) electrons. The Labute approximate surface area is 127 Å². The van der Waals surface area contributed by atoms with Gasteiger partial charge in [-0.3, -0.25) is 0 Å². The van der Waals surface area contributed by atoms with E-state index in [2.05, 4.69) is 46.3 Å². The maximum Gasteiger partial charge on any atom is 0.195 e. The van der Waals surface area contributed by atoms with Crippen molar-refractivity contribution in [2.75, 3.05) is 13.2 Å². The summed E-state index contributed by atoms with van der Waals surface area (Å²) in [7, 11) is 0. The Morgan fingerprint density at radius 2 is 1.55 bits per heavy atom. The Balaban J connectivity index is 1.81. The zero-order chi connectivity index (χ0) is 13.8. The summed E-state index contributed by atoms with van der Waals surface area (Å²) in [5, 5.41) is 0. The molecule has 104 valence electrons. The summed E-state index contributed by atoms with van der Waals surface area (Å²) in [6, 6.07) is 18.5. The summed E-state index contributed by atoms with van der Waals surface area (Å²) < 4.78 is 13.0. The van der Waals surface area contributed by atoms with Crippen LogP contribution in [0.5, 0.6) is 0 Å². The van der Waals surface area contributed by atoms with Crippen molar-refractivity contribution in [3.63, 3.8) is 0 Å². The standard InChI is InChI=1S/C17H17BrO2/c18-16-9-5-4-6-14(16)10-11-17(19-12-13-20-17)15-7-2-1-3-8-15/h1-9H,10-13H2. The highest BCUT2D eigenvalue weighted by Gasteiger charge is 2.38. The van der Waals surface area contributed by atoms with Gasteiger partial charge >= 0.3 is 0 Å². The zero-order valence-electron chi connectivity index (χ0n) is 11.2. The van der Waals surface area contributed by atoms with Crippen LogP contribution in [-0.4, -0.2) is 13.2 Å². The molecule has 2 aromatic carbocycles. The summed E-state index contributed by atoms with van der Waals surface area (Å²) >= 11 is 3.60. The summed E-state index contributed by atoms with van der Waals surface area (Å²) in [5.41, 5.74) is 2.38. The van der Waals surface area contributed by atoms with Gasteiger partial charge in [-0.05, 0) is 18.1 Å². The smallest absolute Gasteiger partial charge is 0.195 e. The molecule has 0 aromatic heterocycles. The fourth-order valence-electron chi connectivity index (χ4n) is 2.60. The Hall–Kier alpha value is -1.16. The van der Waals surface area contributed by atoms with Crippen LogP contribution < -0.4 is 0 Å². The molecule has 1 fully saturated rings. The van der Waals surface area contributed by atoms with Crippen molar-refractivity contribution in [1.82, 2.24) is 0 Å². The van der Waals surface area contributed by atoms with Crippen LogP contribution in [0.4, 0.5) is 0 Å². The number of benzene rings is 2. The van der Waals surface area contributed by atoms with E-state index in [1.807, 2.05) is 24.3 Å². The second-order valence-corrected chi connectivity index (χ2v) is 5.76. The quantitative estimate of drug-likeness (QED) is 0.831. The molecule has 0 amide bonds. The van der Waals surface area contributed by atoms with E-state index in [4.69, 9.17) is 9.47 Å². The van der Waals surface area contributed by atoms with Crippen LogP contribution in [0, 0.1) is 0 Å². The molecule has 1 saturated heterocycles. The second-order valence-electron chi connectivity index (χ2n) is 4.91. The molecule has 0 atom stereocenters. The van der Waals surface area contributed by atoms with Crippen LogP contribution in [0.2, 0.25) is 0 Å². The molecule has 2 aromatic rings. The third kappa shape index (κ3) is 2.80. The largest absolute Gasteiger partial charge is 0.343 e. The van der Waals surface area contributed by atoms with E-state index < -0.39 is 5.79 Å². The second kappa shape index (κ2) is 6.08. The predicted molar refractivity (Wildman–Crippen MR) is 82.5 cm³/mol. The van der Waals surface area contributed by atoms with Gasteiger partial charge < -0.3 is 9.47 Å². The van der Waals surface area contributed by atoms with E-state index in [-0.39, 0.29) is 0 Å². The van der Waals surface area contributed by atoms with E-state index in [0.717, 1.165) is 22.9 Å². The van der Waals surface area contributed by atoms with E-state index in [0.29, 0.717) is 13.2 Å². The van der Waals surface area contributed by atoms with Gasteiger partial charge in [-0.1, -0.05) is 64.5 Å². The Morgan fingerprint density at radius 3 is 2.25 bits per heavy atom. The normalized spacial score (nSPS) is 17.2. The molecule has 20 heavy (non-hydrogen) atoms. The van der Waals surface area contributed by atoms with Crippen molar-refractivity contribution in [3.8, 4) is 0 Å². The number of aryl methyl sites for hydroxylation is 1. The minimum absolute atomic E-state index is 0.587. The molecule has 0 saturated carbocycles. The van der Waals surface area contributed by atoms with Crippen LogP contribution >= 0.6 is 15.9 Å². The van der Waals surface area contributed by atoms with Crippen LogP contribution in [0.3, 0.4) is 0 Å². The van der Waals surface area contributed by atoms with Crippen molar-refractivity contribution in [3.05, 3.63) is 70.2 Å². The predicted octanol–water partition coefficient (Wildman–Crippen LogP) is 4.28. The van der Waals surface area contributed by atoms with Gasteiger partial charge in [0.1, 0.15) is 0 Å². The maximum absolute atomic E-state index is 5.95. The van der Waals surface area contributed by atoms with Gasteiger partial charge in [0, 0.05) is 16.5 Å². The summed E-state index contributed by atoms with van der Waals surface area (Å²) in [6.45, 7) is 1.32. The van der Waals surface area contributed by atoms with E-state index in [1.54, 1.807) is 0 Å². The van der Waals surface area contributed by atoms with Gasteiger partial charge in [0.25, 0.3) is 0 Å². The Morgan fingerprint density at radius 1 is 0.900 bits per heavy atom. The van der Waals surface area contributed by atoms with E-state index in [1.165, 1.54) is 5.56 Å². The maximum atomic E-state index is 5.95. The molecular weight excluding hydrogens is 316 g/mol. The van der Waals surface area contributed by atoms with Crippen molar-refractivity contribution >= 4 is 15.9 Å². The zero-order valence-corrected chi connectivity index (χ0v) is 12.8. The van der Waals surface area contributed by atoms with Crippen molar-refractivity contribution in [2.45, 2.75) is 18.6 Å². The molecular formula is C17H17BrO2. The molecule has 0 N–H and O–H groups in total. The number of hydrogen-bond acceptors (Lipinski definition) is 2. The average molecular weight is 333 g/mol. The van der Waals surface area contributed by atoms with E-state index >= 15 is 0 Å². The molecule has 1 aliphatic heterocycles. The van der Waals surface area contributed by atoms with Gasteiger partial charge in [-0.15, -0.1) is 0 Å². The van der Waals surface area contributed by atoms with Crippen LogP contribution in [0.1, 0.15) is 17.5 Å². The molecule has 2 nitrogen and oxygen atoms in total. The van der Waals surface area contributed by atoms with Gasteiger partial charge in [0.15, 0.2) is 5.79 Å². The molecule has 0 spiro atoms. The number of rotatable bonds is 4. The SMILES string of the molecule is Brc1ccccc1CCC1(c2ccccc2)OCCO1. The lowest BCUT2D eigenvalue weighted by atomic mass is 9.98. The summed E-state index contributed by atoms with van der Waals surface area (Å²) in [4.78, 5) is 0. The highest BCUT2D eigenvalue weighted by molar-refractivity contribution is 9.10. The number of ether oxygens (including phenoxy) is 2. The lowest BCUT2D eigenvalue weighted by Gasteiger charge is -2.28. The topological polar surface area (TPSA) is 18.5 Å². The highest BCUT2D eigenvalue weighted by atomic mass is 79.9. The van der Waals surface area contributed by atoms with Crippen molar-refractivity contribution in [1.29, 1.82) is 0 Å². The summed E-state index contributed by atoms with van der Waals surface area (Å²) in [6.07, 6.45) is 1.73. The first-order valence-electron chi connectivity index (χ1n) is 6.87. The first-order chi connectivity index (χ1) is 9.80. The van der Waals surface area contributed by atoms with Crippen molar-refractivity contribution in [2.24, 2.45) is 0 Å². The van der Waals surface area contributed by atoms with Gasteiger partial charge in [0.2, 0.25) is 0 Å². The lowest BCUT2D eigenvalue weighted by molar-refractivity contribution is -0.170. The summed E-state index contributed by atoms with van der Waals surface area (Å²) in [5.74, 6) is -0.587. The first kappa shape index (κ1) is 13.8. The van der Waals surface area contributed by atoms with Crippen LogP contribution in [0.25, 0.3) is 0 Å².